The number of nitrogens with zero attached hydrogens (tertiary/aromatic N) is 1. The van der Waals surface area contributed by atoms with Gasteiger partial charge in [-0.25, -0.2) is 0 Å². The Balaban J connectivity index is 1.20. The van der Waals surface area contributed by atoms with Crippen molar-refractivity contribution in [3.05, 3.63) is 169 Å². The van der Waals surface area contributed by atoms with Crippen molar-refractivity contribution in [3.8, 4) is 22.3 Å². The largest absolute Gasteiger partial charge is 0.458 e. The van der Waals surface area contributed by atoms with Crippen molar-refractivity contribution in [2.45, 2.75) is 6.54 Å². The minimum absolute atomic E-state index is 0.680. The number of nitrogens with one attached hydrogen (secondary N) is 1. The molecule has 1 aromatic heterocycles. The lowest BCUT2D eigenvalue weighted by Gasteiger charge is -2.27. The van der Waals surface area contributed by atoms with Crippen LogP contribution in [-0.2, 0) is 6.54 Å². The predicted molar refractivity (Wildman–Crippen MR) is 193 cm³/mol. The highest BCUT2D eigenvalue weighted by Gasteiger charge is 2.22. The highest BCUT2D eigenvalue weighted by atomic mass is 16.3. The van der Waals surface area contributed by atoms with Gasteiger partial charge in [-0.2, -0.15) is 0 Å². The lowest BCUT2D eigenvalue weighted by Crippen LogP contribution is -2.11. The zero-order chi connectivity index (χ0) is 30.5. The Hall–Kier alpha value is -6.06. The molecule has 1 aliphatic rings. The number of fused-ring (bicyclic) bond motifs is 5. The zero-order valence-corrected chi connectivity index (χ0v) is 25.2. The molecule has 46 heavy (non-hydrogen) atoms. The van der Waals surface area contributed by atoms with Crippen molar-refractivity contribution >= 4 is 55.7 Å². The lowest BCUT2D eigenvalue weighted by molar-refractivity contribution is 0.532. The van der Waals surface area contributed by atoms with Crippen LogP contribution in [0.1, 0.15) is 11.3 Å². The fraction of sp³-hybridized carbons (Fsp3) is 0.0233. The molecule has 7 aromatic carbocycles. The van der Waals surface area contributed by atoms with Crippen LogP contribution in [0.5, 0.6) is 0 Å². The van der Waals surface area contributed by atoms with Gasteiger partial charge < -0.3 is 14.6 Å². The van der Waals surface area contributed by atoms with E-state index in [4.69, 9.17) is 4.42 Å². The van der Waals surface area contributed by atoms with Gasteiger partial charge in [-0.05, 0) is 92.5 Å². The molecule has 0 saturated carbocycles. The summed E-state index contributed by atoms with van der Waals surface area (Å²) in [5, 5.41) is 9.42. The highest BCUT2D eigenvalue weighted by molar-refractivity contribution is 6.03. The fourth-order valence-corrected chi connectivity index (χ4v) is 6.95. The van der Waals surface area contributed by atoms with Crippen LogP contribution in [0.3, 0.4) is 0 Å². The van der Waals surface area contributed by atoms with Gasteiger partial charge in [0.05, 0.1) is 17.6 Å². The number of benzene rings is 7. The van der Waals surface area contributed by atoms with E-state index in [-0.39, 0.29) is 0 Å². The van der Waals surface area contributed by atoms with Crippen LogP contribution in [0.15, 0.2) is 162 Å². The molecule has 1 aliphatic heterocycles. The average molecular weight is 591 g/mol. The average Bonchev–Trinajstić information content (AvgIpc) is 3.51. The first-order valence-electron chi connectivity index (χ1n) is 15.7. The number of furan rings is 1. The van der Waals surface area contributed by atoms with E-state index >= 15 is 0 Å². The maximum absolute atomic E-state index is 6.35. The molecule has 0 saturated heterocycles. The summed E-state index contributed by atoms with van der Waals surface area (Å²) in [5.41, 5.74) is 10.1. The Kier molecular flexibility index (Phi) is 6.20. The molecular weight excluding hydrogens is 560 g/mol. The second-order valence-electron chi connectivity index (χ2n) is 11.8. The third-order valence-electron chi connectivity index (χ3n) is 9.13. The molecule has 0 bridgehead atoms. The van der Waals surface area contributed by atoms with Gasteiger partial charge >= 0.3 is 0 Å². The van der Waals surface area contributed by atoms with Crippen LogP contribution < -0.4 is 10.2 Å². The van der Waals surface area contributed by atoms with E-state index < -0.39 is 0 Å². The summed E-state index contributed by atoms with van der Waals surface area (Å²) in [4.78, 5) is 2.35. The molecule has 9 rings (SSSR count). The Morgan fingerprint density at radius 1 is 0.522 bits per heavy atom. The van der Waals surface area contributed by atoms with Gasteiger partial charge in [-0.3, -0.25) is 0 Å². The molecule has 0 fully saturated rings. The van der Waals surface area contributed by atoms with Gasteiger partial charge in [0.2, 0.25) is 0 Å². The maximum Gasteiger partial charge on any atom is 0.137 e. The van der Waals surface area contributed by atoms with E-state index in [2.05, 4.69) is 168 Å². The first-order chi connectivity index (χ1) is 22.8. The van der Waals surface area contributed by atoms with Crippen molar-refractivity contribution in [1.29, 1.82) is 0 Å². The summed E-state index contributed by atoms with van der Waals surface area (Å²) in [6.07, 6.45) is 4.13. The van der Waals surface area contributed by atoms with Gasteiger partial charge in [0, 0.05) is 16.9 Å². The first-order valence-corrected chi connectivity index (χ1v) is 15.7. The number of rotatable bonds is 5. The number of hydrogen-bond acceptors (Lipinski definition) is 3. The van der Waals surface area contributed by atoms with Crippen LogP contribution in [0.2, 0.25) is 0 Å². The quantitative estimate of drug-likeness (QED) is 0.216. The molecule has 0 unspecified atom stereocenters. The van der Waals surface area contributed by atoms with Crippen LogP contribution in [0.25, 0.3) is 60.8 Å². The van der Waals surface area contributed by atoms with Gasteiger partial charge in [0.25, 0.3) is 0 Å². The first kappa shape index (κ1) is 26.4. The topological polar surface area (TPSA) is 28.4 Å². The molecule has 3 heteroatoms. The van der Waals surface area contributed by atoms with Crippen molar-refractivity contribution in [1.82, 2.24) is 5.32 Å². The van der Waals surface area contributed by atoms with Gasteiger partial charge in [-0.15, -0.1) is 0 Å². The Morgan fingerprint density at radius 3 is 1.67 bits per heavy atom. The number of hydrogen-bond donors (Lipinski definition) is 1. The minimum Gasteiger partial charge on any atom is -0.458 e. The summed E-state index contributed by atoms with van der Waals surface area (Å²) in [6.45, 7) is 0.680. The Bertz CT molecular complexity index is 2280. The standard InChI is InChI=1S/C43H30N2O/c1-3-12-35-29(8-1)10-5-14-37(35)31-18-22-33(23-19-31)45(40-16-7-17-41-43(40)39-26-27-44-28-42(39)46-41)34-24-20-32(21-25-34)38-15-6-11-30-9-2-4-13-36(30)38/h1-27,44H,28H2. The molecule has 2 heterocycles. The molecule has 3 nitrogen and oxygen atoms in total. The molecule has 218 valence electrons. The molecule has 0 radical (unpaired) electrons. The second kappa shape index (κ2) is 10.8. The minimum atomic E-state index is 0.680. The fourth-order valence-electron chi connectivity index (χ4n) is 6.95. The van der Waals surface area contributed by atoms with Crippen LogP contribution in [0, 0.1) is 0 Å². The molecular formula is C43H30N2O. The van der Waals surface area contributed by atoms with Gasteiger partial charge in [0.15, 0.2) is 0 Å². The van der Waals surface area contributed by atoms with E-state index in [0.29, 0.717) is 6.54 Å². The Morgan fingerprint density at radius 2 is 1.07 bits per heavy atom. The molecule has 0 atom stereocenters. The third kappa shape index (κ3) is 4.36. The van der Waals surface area contributed by atoms with Crippen LogP contribution >= 0.6 is 0 Å². The normalized spacial score (nSPS) is 12.3. The third-order valence-corrected chi connectivity index (χ3v) is 9.13. The summed E-state index contributed by atoms with van der Waals surface area (Å²) in [5.74, 6) is 0.961. The van der Waals surface area contributed by atoms with Crippen molar-refractivity contribution < 1.29 is 4.42 Å². The van der Waals surface area contributed by atoms with Crippen LogP contribution in [-0.4, -0.2) is 0 Å². The van der Waals surface area contributed by atoms with Crippen LogP contribution in [0.4, 0.5) is 17.1 Å². The summed E-state index contributed by atoms with van der Waals surface area (Å²) < 4.78 is 6.35. The zero-order valence-electron chi connectivity index (χ0n) is 25.2. The Labute approximate surface area is 267 Å². The monoisotopic (exact) mass is 590 g/mol. The molecule has 0 aliphatic carbocycles. The lowest BCUT2D eigenvalue weighted by atomic mass is 9.97. The summed E-state index contributed by atoms with van der Waals surface area (Å²) >= 11 is 0. The van der Waals surface area contributed by atoms with E-state index in [1.807, 2.05) is 6.20 Å². The highest BCUT2D eigenvalue weighted by Crippen LogP contribution is 2.44. The maximum atomic E-state index is 6.35. The molecule has 8 aromatic rings. The van der Waals surface area contributed by atoms with E-state index in [0.717, 1.165) is 39.4 Å². The van der Waals surface area contributed by atoms with E-state index in [9.17, 15) is 0 Å². The number of anilines is 3. The predicted octanol–water partition coefficient (Wildman–Crippen LogP) is 11.6. The molecule has 0 amide bonds. The summed E-state index contributed by atoms with van der Waals surface area (Å²) in [7, 11) is 0. The molecule has 0 spiro atoms. The molecule has 1 N–H and O–H groups in total. The van der Waals surface area contributed by atoms with E-state index in [1.165, 1.54) is 43.8 Å². The SMILES string of the molecule is C1=Cc2c(oc3cccc(N(c4ccc(-c5cccc6ccccc56)cc4)c4ccc(-c5cccc6ccccc56)cc4)c23)CN1. The van der Waals surface area contributed by atoms with E-state index in [1.54, 1.807) is 0 Å². The van der Waals surface area contributed by atoms with Gasteiger partial charge in [-0.1, -0.05) is 115 Å². The van der Waals surface area contributed by atoms with Gasteiger partial charge in [0.1, 0.15) is 11.3 Å². The van der Waals surface area contributed by atoms with Crippen molar-refractivity contribution in [2.75, 3.05) is 4.90 Å². The van der Waals surface area contributed by atoms with Crippen molar-refractivity contribution in [3.63, 3.8) is 0 Å². The van der Waals surface area contributed by atoms with Crippen molar-refractivity contribution in [2.24, 2.45) is 0 Å². The second-order valence-corrected chi connectivity index (χ2v) is 11.8. The summed E-state index contributed by atoms with van der Waals surface area (Å²) in [6, 6.07) is 54.5. The smallest absolute Gasteiger partial charge is 0.137 e.